The van der Waals surface area contributed by atoms with Crippen molar-refractivity contribution in [2.75, 3.05) is 0 Å². The number of nitrogens with zero attached hydrogens (tertiary/aromatic N) is 1. The number of aromatic nitrogens is 1. The topological polar surface area (TPSA) is 65.9 Å². The van der Waals surface area contributed by atoms with E-state index in [2.05, 4.69) is 4.98 Å². The average Bonchev–Trinajstić information content (AvgIpc) is 2.70. The van der Waals surface area contributed by atoms with E-state index >= 15 is 0 Å². The molecule has 0 bridgehead atoms. The maximum atomic E-state index is 11.9. The second-order valence-corrected chi connectivity index (χ2v) is 6.04. The molecule has 0 radical (unpaired) electrons. The second kappa shape index (κ2) is 4.49. The van der Waals surface area contributed by atoms with Gasteiger partial charge in [-0.15, -0.1) is 0 Å². The third-order valence-electron chi connectivity index (χ3n) is 3.65. The smallest absolute Gasteiger partial charge is 0.266 e. The largest absolute Gasteiger partial charge is 0.487 e. The molecule has 1 aromatic heterocycles. The Kier molecular flexibility index (Phi) is 2.87. The summed E-state index contributed by atoms with van der Waals surface area (Å²) in [5.41, 5.74) is 3.00. The van der Waals surface area contributed by atoms with Crippen LogP contribution in [0.3, 0.4) is 0 Å². The number of pyridine rings is 1. The Morgan fingerprint density at radius 3 is 2.81 bits per heavy atom. The number of benzene rings is 1. The van der Waals surface area contributed by atoms with Gasteiger partial charge < -0.3 is 9.72 Å². The van der Waals surface area contributed by atoms with Gasteiger partial charge in [-0.25, -0.2) is 0 Å². The van der Waals surface area contributed by atoms with Crippen LogP contribution in [-0.2, 0) is 6.42 Å². The molecule has 0 fully saturated rings. The van der Waals surface area contributed by atoms with Gasteiger partial charge in [-0.1, -0.05) is 6.07 Å². The van der Waals surface area contributed by atoms with Gasteiger partial charge in [0.25, 0.3) is 5.56 Å². The summed E-state index contributed by atoms with van der Waals surface area (Å²) in [6, 6.07) is 9.66. The van der Waals surface area contributed by atoms with Crippen LogP contribution in [-0.4, -0.2) is 10.6 Å². The number of aromatic amines is 1. The Bertz CT molecular complexity index is 826. The number of nitriles is 1. The van der Waals surface area contributed by atoms with Crippen molar-refractivity contribution in [1.82, 2.24) is 4.98 Å². The van der Waals surface area contributed by atoms with Gasteiger partial charge in [0.1, 0.15) is 23.0 Å². The van der Waals surface area contributed by atoms with Gasteiger partial charge in [0.15, 0.2) is 0 Å². The fraction of sp³-hybridized carbons (Fsp3) is 0.294. The van der Waals surface area contributed by atoms with Crippen molar-refractivity contribution in [2.24, 2.45) is 0 Å². The molecule has 3 rings (SSSR count). The number of hydrogen-bond acceptors (Lipinski definition) is 3. The van der Waals surface area contributed by atoms with Gasteiger partial charge in [0.05, 0.1) is 0 Å². The SMILES string of the molecule is Cc1cc(-c2ccc3c(c2)CC(C)(C)O3)c(C#N)c(=O)[nH]1. The highest BCUT2D eigenvalue weighted by Gasteiger charge is 2.30. The summed E-state index contributed by atoms with van der Waals surface area (Å²) >= 11 is 0. The Hall–Kier alpha value is -2.54. The van der Waals surface area contributed by atoms with Gasteiger partial charge in [0.2, 0.25) is 0 Å². The highest BCUT2D eigenvalue weighted by Crippen LogP contribution is 2.37. The summed E-state index contributed by atoms with van der Waals surface area (Å²) in [6.45, 7) is 5.90. The fourth-order valence-electron chi connectivity index (χ4n) is 2.80. The lowest BCUT2D eigenvalue weighted by Gasteiger charge is -2.16. The van der Waals surface area contributed by atoms with Crippen molar-refractivity contribution in [3.63, 3.8) is 0 Å². The van der Waals surface area contributed by atoms with E-state index in [1.54, 1.807) is 0 Å². The number of rotatable bonds is 1. The van der Waals surface area contributed by atoms with E-state index in [0.29, 0.717) is 5.56 Å². The van der Waals surface area contributed by atoms with Crippen LogP contribution in [0.1, 0.15) is 30.7 Å². The molecule has 0 saturated carbocycles. The predicted molar refractivity (Wildman–Crippen MR) is 80.4 cm³/mol. The first-order valence-corrected chi connectivity index (χ1v) is 6.86. The quantitative estimate of drug-likeness (QED) is 0.873. The summed E-state index contributed by atoms with van der Waals surface area (Å²) in [5.74, 6) is 0.879. The van der Waals surface area contributed by atoms with E-state index in [4.69, 9.17) is 4.74 Å². The number of hydrogen-bond donors (Lipinski definition) is 1. The van der Waals surface area contributed by atoms with Crippen LogP contribution in [0.25, 0.3) is 11.1 Å². The van der Waals surface area contributed by atoms with Crippen LogP contribution >= 0.6 is 0 Å². The normalized spacial score (nSPS) is 15.1. The molecule has 0 unspecified atom stereocenters. The van der Waals surface area contributed by atoms with E-state index in [1.165, 1.54) is 0 Å². The lowest BCUT2D eigenvalue weighted by Crippen LogP contribution is -2.24. The zero-order valence-electron chi connectivity index (χ0n) is 12.3. The monoisotopic (exact) mass is 280 g/mol. The van der Waals surface area contributed by atoms with E-state index < -0.39 is 0 Å². The minimum absolute atomic E-state index is 0.152. The molecular weight excluding hydrogens is 264 g/mol. The van der Waals surface area contributed by atoms with Gasteiger partial charge in [-0.05, 0) is 50.1 Å². The molecule has 0 spiro atoms. The number of aryl methyl sites for hydroxylation is 1. The summed E-state index contributed by atoms with van der Waals surface area (Å²) in [4.78, 5) is 14.6. The van der Waals surface area contributed by atoms with E-state index in [-0.39, 0.29) is 16.7 Å². The molecule has 0 saturated heterocycles. The summed E-state index contributed by atoms with van der Waals surface area (Å²) in [7, 11) is 0. The van der Waals surface area contributed by atoms with Crippen LogP contribution < -0.4 is 10.3 Å². The van der Waals surface area contributed by atoms with E-state index in [9.17, 15) is 10.1 Å². The summed E-state index contributed by atoms with van der Waals surface area (Å²) in [6.07, 6.45) is 0.820. The second-order valence-electron chi connectivity index (χ2n) is 6.04. The molecule has 0 atom stereocenters. The molecule has 1 aromatic carbocycles. The van der Waals surface area contributed by atoms with E-state index in [0.717, 1.165) is 29.0 Å². The molecule has 1 aliphatic rings. The maximum Gasteiger partial charge on any atom is 0.266 e. The molecule has 2 heterocycles. The summed E-state index contributed by atoms with van der Waals surface area (Å²) in [5, 5.41) is 9.23. The first kappa shape index (κ1) is 13.4. The number of fused-ring (bicyclic) bond motifs is 1. The zero-order valence-corrected chi connectivity index (χ0v) is 12.3. The van der Waals surface area contributed by atoms with Crippen LogP contribution in [0.2, 0.25) is 0 Å². The van der Waals surface area contributed by atoms with Crippen LogP contribution in [0.5, 0.6) is 5.75 Å². The molecule has 2 aromatic rings. The molecular formula is C17H16N2O2. The minimum Gasteiger partial charge on any atom is -0.487 e. The van der Waals surface area contributed by atoms with Gasteiger partial charge >= 0.3 is 0 Å². The number of H-pyrrole nitrogens is 1. The lowest BCUT2D eigenvalue weighted by molar-refractivity contribution is 0.138. The minimum atomic E-state index is -0.343. The van der Waals surface area contributed by atoms with Crippen LogP contribution in [0.4, 0.5) is 0 Å². The molecule has 4 heteroatoms. The zero-order chi connectivity index (χ0) is 15.2. The van der Waals surface area contributed by atoms with Crippen LogP contribution in [0.15, 0.2) is 29.1 Å². The molecule has 21 heavy (non-hydrogen) atoms. The Morgan fingerprint density at radius 2 is 2.10 bits per heavy atom. The average molecular weight is 280 g/mol. The molecule has 0 aliphatic carbocycles. The third kappa shape index (κ3) is 2.31. The first-order chi connectivity index (χ1) is 9.89. The standard InChI is InChI=1S/C17H16N2O2/c1-10-6-13(14(9-18)16(20)19-10)11-4-5-15-12(7-11)8-17(2,3)21-15/h4-7H,8H2,1-3H3,(H,19,20). The highest BCUT2D eigenvalue weighted by molar-refractivity contribution is 5.72. The van der Waals surface area contributed by atoms with Crippen molar-refractivity contribution < 1.29 is 4.74 Å². The Balaban J connectivity index is 2.16. The predicted octanol–water partition coefficient (Wildman–Crippen LogP) is 2.94. The van der Waals surface area contributed by atoms with Crippen molar-refractivity contribution >= 4 is 0 Å². The Labute approximate surface area is 123 Å². The molecule has 0 amide bonds. The molecule has 106 valence electrons. The van der Waals surface area contributed by atoms with Crippen molar-refractivity contribution in [3.8, 4) is 22.9 Å². The first-order valence-electron chi connectivity index (χ1n) is 6.86. The number of nitrogens with one attached hydrogen (secondary N) is 1. The van der Waals surface area contributed by atoms with Crippen molar-refractivity contribution in [2.45, 2.75) is 32.8 Å². The fourth-order valence-corrected chi connectivity index (χ4v) is 2.80. The molecule has 1 aliphatic heterocycles. The highest BCUT2D eigenvalue weighted by atomic mass is 16.5. The van der Waals surface area contributed by atoms with Gasteiger partial charge in [-0.3, -0.25) is 4.79 Å². The van der Waals surface area contributed by atoms with Gasteiger partial charge in [0, 0.05) is 17.7 Å². The lowest BCUT2D eigenvalue weighted by atomic mass is 9.96. The van der Waals surface area contributed by atoms with Crippen molar-refractivity contribution in [1.29, 1.82) is 5.26 Å². The molecule has 4 nitrogen and oxygen atoms in total. The Morgan fingerprint density at radius 1 is 1.33 bits per heavy atom. The van der Waals surface area contributed by atoms with Crippen molar-refractivity contribution in [3.05, 3.63) is 51.4 Å². The maximum absolute atomic E-state index is 11.9. The van der Waals surface area contributed by atoms with Gasteiger partial charge in [-0.2, -0.15) is 5.26 Å². The number of ether oxygens (including phenoxy) is 1. The summed E-state index contributed by atoms with van der Waals surface area (Å²) < 4.78 is 5.86. The third-order valence-corrected chi connectivity index (χ3v) is 3.65. The molecule has 1 N–H and O–H groups in total. The van der Waals surface area contributed by atoms with Crippen LogP contribution in [0, 0.1) is 18.3 Å². The van der Waals surface area contributed by atoms with E-state index in [1.807, 2.05) is 51.1 Å².